The number of aromatic nitrogens is 2. The maximum Gasteiger partial charge on any atom is 0.253 e. The molecule has 1 amide bonds. The Balaban J connectivity index is 0.00000140. The molecule has 0 saturated carbocycles. The Hall–Kier alpha value is -2.08. The van der Waals surface area contributed by atoms with Crippen LogP contribution in [-0.2, 0) is 0 Å². The van der Waals surface area contributed by atoms with Crippen molar-refractivity contribution in [3.63, 3.8) is 0 Å². The summed E-state index contributed by atoms with van der Waals surface area (Å²) in [5.41, 5.74) is 3.70. The molecule has 0 radical (unpaired) electrons. The molecule has 1 aliphatic rings. The Morgan fingerprint density at radius 1 is 1.18 bits per heavy atom. The number of carbonyl (C=O) groups is 1. The number of imidazole rings is 1. The van der Waals surface area contributed by atoms with E-state index in [9.17, 15) is 4.79 Å². The molecule has 4 rings (SSSR count). The van der Waals surface area contributed by atoms with E-state index in [1.54, 1.807) is 0 Å². The lowest BCUT2D eigenvalue weighted by Gasteiger charge is -2.16. The van der Waals surface area contributed by atoms with Gasteiger partial charge in [0.25, 0.3) is 5.91 Å². The highest BCUT2D eigenvalue weighted by Crippen LogP contribution is 2.24. The third kappa shape index (κ3) is 4.17. The van der Waals surface area contributed by atoms with Gasteiger partial charge in [0, 0.05) is 24.3 Å². The third-order valence-electron chi connectivity index (χ3n) is 5.15. The van der Waals surface area contributed by atoms with Gasteiger partial charge < -0.3 is 10.2 Å². The average molecular weight is 421 g/mol. The topological polar surface area (TPSA) is 50.2 Å². The largest absolute Gasteiger partial charge is 0.338 e. The van der Waals surface area contributed by atoms with Gasteiger partial charge in [-0.2, -0.15) is 0 Å². The fourth-order valence-corrected chi connectivity index (χ4v) is 3.89. The number of rotatable bonds is 4. The van der Waals surface area contributed by atoms with Crippen LogP contribution in [0.25, 0.3) is 16.7 Å². The average Bonchev–Trinajstić information content (AvgIpc) is 3.25. The summed E-state index contributed by atoms with van der Waals surface area (Å²) in [6.45, 7) is 4.62. The summed E-state index contributed by atoms with van der Waals surface area (Å²) in [4.78, 5) is 19.5. The summed E-state index contributed by atoms with van der Waals surface area (Å²) in [5.74, 6) is 1.58. The van der Waals surface area contributed by atoms with E-state index < -0.39 is 0 Å². The van der Waals surface area contributed by atoms with Crippen LogP contribution in [0.4, 0.5) is 0 Å². The number of fused-ring (bicyclic) bond motifs is 1. The van der Waals surface area contributed by atoms with Gasteiger partial charge in [-0.05, 0) is 63.2 Å². The van der Waals surface area contributed by atoms with Gasteiger partial charge in [-0.25, -0.2) is 4.98 Å². The summed E-state index contributed by atoms with van der Waals surface area (Å²) in [7, 11) is 1.96. The Morgan fingerprint density at radius 2 is 1.93 bits per heavy atom. The van der Waals surface area contributed by atoms with Gasteiger partial charge in [0.05, 0.1) is 11.0 Å². The monoisotopic (exact) mass is 420 g/mol. The van der Waals surface area contributed by atoms with Crippen LogP contribution < -0.4 is 5.32 Å². The van der Waals surface area contributed by atoms with E-state index in [0.717, 1.165) is 54.2 Å². The Kier molecular flexibility index (Phi) is 7.47. The summed E-state index contributed by atoms with van der Waals surface area (Å²) in [6.07, 6.45) is 1.07. The van der Waals surface area contributed by atoms with E-state index >= 15 is 0 Å². The van der Waals surface area contributed by atoms with Crippen LogP contribution in [-0.4, -0.2) is 47.0 Å². The Bertz CT molecular complexity index is 942. The molecule has 1 aliphatic heterocycles. The minimum Gasteiger partial charge on any atom is -0.338 e. The van der Waals surface area contributed by atoms with Crippen molar-refractivity contribution in [1.82, 2.24) is 19.8 Å². The second kappa shape index (κ2) is 9.41. The molecule has 3 aromatic rings. The molecular weight excluding hydrogens is 395 g/mol. The van der Waals surface area contributed by atoms with Crippen LogP contribution in [0.1, 0.15) is 22.6 Å². The van der Waals surface area contributed by atoms with Gasteiger partial charge in [0.2, 0.25) is 0 Å². The molecule has 2 heterocycles. The molecule has 1 atom stereocenters. The zero-order chi connectivity index (χ0) is 18.1. The predicted molar refractivity (Wildman–Crippen MR) is 118 cm³/mol. The zero-order valence-corrected chi connectivity index (χ0v) is 17.7. The highest BCUT2D eigenvalue weighted by Gasteiger charge is 2.26. The normalized spacial score (nSPS) is 15.9. The highest BCUT2D eigenvalue weighted by molar-refractivity contribution is 5.97. The van der Waals surface area contributed by atoms with Crippen molar-refractivity contribution >= 4 is 41.8 Å². The summed E-state index contributed by atoms with van der Waals surface area (Å²) in [5, 5.41) is 3.21. The fraction of sp³-hybridized carbons (Fsp3) is 0.333. The summed E-state index contributed by atoms with van der Waals surface area (Å²) >= 11 is 0. The van der Waals surface area contributed by atoms with Crippen LogP contribution in [0.5, 0.6) is 0 Å². The summed E-state index contributed by atoms with van der Waals surface area (Å²) in [6, 6.07) is 16.1. The number of para-hydroxylation sites is 1. The first-order valence-electron chi connectivity index (χ1n) is 9.16. The first-order valence-corrected chi connectivity index (χ1v) is 9.16. The number of nitrogens with one attached hydrogen (secondary N) is 1. The van der Waals surface area contributed by atoms with Crippen molar-refractivity contribution in [3.05, 3.63) is 59.9 Å². The number of aryl methyl sites for hydroxylation is 1. The lowest BCUT2D eigenvalue weighted by molar-refractivity contribution is 0.0787. The molecular formula is C21H26Cl2N4O. The predicted octanol–water partition coefficient (Wildman–Crippen LogP) is 3.86. The summed E-state index contributed by atoms with van der Waals surface area (Å²) < 4.78 is 2.13. The second-order valence-corrected chi connectivity index (χ2v) is 7.00. The molecule has 0 bridgehead atoms. The van der Waals surface area contributed by atoms with Crippen molar-refractivity contribution in [2.45, 2.75) is 13.3 Å². The van der Waals surface area contributed by atoms with Gasteiger partial charge in [0.1, 0.15) is 5.82 Å². The molecule has 7 heteroatoms. The number of carbonyl (C=O) groups excluding carboxylic acids is 1. The van der Waals surface area contributed by atoms with Crippen LogP contribution in [0.2, 0.25) is 0 Å². The number of likely N-dealkylation sites (tertiary alicyclic amines) is 1. The van der Waals surface area contributed by atoms with E-state index in [-0.39, 0.29) is 30.7 Å². The molecule has 1 N–H and O–H groups in total. The number of amides is 1. The van der Waals surface area contributed by atoms with Crippen LogP contribution in [0, 0.1) is 12.8 Å². The van der Waals surface area contributed by atoms with E-state index in [1.165, 1.54) is 0 Å². The maximum absolute atomic E-state index is 12.9. The molecule has 28 heavy (non-hydrogen) atoms. The molecule has 1 unspecified atom stereocenters. The molecule has 150 valence electrons. The number of nitrogens with zero attached hydrogens (tertiary/aromatic N) is 3. The first kappa shape index (κ1) is 22.2. The number of hydrogen-bond acceptors (Lipinski definition) is 3. The van der Waals surface area contributed by atoms with Crippen LogP contribution in [0.15, 0.2) is 48.5 Å². The third-order valence-corrected chi connectivity index (χ3v) is 5.15. The fourth-order valence-electron chi connectivity index (χ4n) is 3.89. The minimum atomic E-state index is 0. The smallest absolute Gasteiger partial charge is 0.253 e. The molecule has 5 nitrogen and oxygen atoms in total. The van der Waals surface area contributed by atoms with Gasteiger partial charge in [-0.1, -0.05) is 18.2 Å². The van der Waals surface area contributed by atoms with Crippen molar-refractivity contribution in [1.29, 1.82) is 0 Å². The van der Waals surface area contributed by atoms with Gasteiger partial charge in [-0.3, -0.25) is 9.36 Å². The molecule has 1 aromatic heterocycles. The van der Waals surface area contributed by atoms with Crippen molar-refractivity contribution < 1.29 is 4.79 Å². The van der Waals surface area contributed by atoms with E-state index in [1.807, 2.05) is 55.3 Å². The SMILES string of the molecule is CNCC1CCN(C(=O)c2ccc3c(c2)nc(C)n3-c2ccccc2)C1.Cl.Cl. The molecule has 0 spiro atoms. The van der Waals surface area contributed by atoms with Crippen molar-refractivity contribution in [2.75, 3.05) is 26.7 Å². The molecule has 2 aromatic carbocycles. The Morgan fingerprint density at radius 3 is 2.64 bits per heavy atom. The zero-order valence-electron chi connectivity index (χ0n) is 16.1. The lowest BCUT2D eigenvalue weighted by Crippen LogP contribution is -2.30. The van der Waals surface area contributed by atoms with Crippen LogP contribution >= 0.6 is 24.8 Å². The second-order valence-electron chi connectivity index (χ2n) is 7.00. The molecule has 0 aliphatic carbocycles. The van der Waals surface area contributed by atoms with Crippen LogP contribution in [0.3, 0.4) is 0 Å². The molecule has 1 fully saturated rings. The van der Waals surface area contributed by atoms with Gasteiger partial charge >= 0.3 is 0 Å². The molecule has 1 saturated heterocycles. The number of hydrogen-bond donors (Lipinski definition) is 1. The highest BCUT2D eigenvalue weighted by atomic mass is 35.5. The maximum atomic E-state index is 12.9. The Labute approximate surface area is 178 Å². The lowest BCUT2D eigenvalue weighted by atomic mass is 10.1. The number of benzene rings is 2. The quantitative estimate of drug-likeness (QED) is 0.696. The van der Waals surface area contributed by atoms with Gasteiger partial charge in [0.15, 0.2) is 0 Å². The van der Waals surface area contributed by atoms with E-state index in [2.05, 4.69) is 27.0 Å². The number of halogens is 2. The minimum absolute atomic E-state index is 0. The van der Waals surface area contributed by atoms with Crippen molar-refractivity contribution in [2.24, 2.45) is 5.92 Å². The van der Waals surface area contributed by atoms with E-state index in [0.29, 0.717) is 5.92 Å². The standard InChI is InChI=1S/C21H24N4O.2ClH/c1-15-23-19-12-17(21(26)24-11-10-16(14-24)13-22-2)8-9-20(19)25(15)18-6-4-3-5-7-18;;/h3-9,12,16,22H,10-11,13-14H2,1-2H3;2*1H. The van der Waals surface area contributed by atoms with Crippen molar-refractivity contribution in [3.8, 4) is 5.69 Å². The van der Waals surface area contributed by atoms with E-state index in [4.69, 9.17) is 0 Å². The van der Waals surface area contributed by atoms with Gasteiger partial charge in [-0.15, -0.1) is 24.8 Å². The first-order chi connectivity index (χ1) is 12.7.